The summed E-state index contributed by atoms with van der Waals surface area (Å²) in [4.78, 5) is 14.2. The van der Waals surface area contributed by atoms with E-state index in [4.69, 9.17) is 10.00 Å². The predicted molar refractivity (Wildman–Crippen MR) is 87.1 cm³/mol. The van der Waals surface area contributed by atoms with E-state index in [1.54, 1.807) is 23.1 Å². The summed E-state index contributed by atoms with van der Waals surface area (Å²) in [5.41, 5.74) is 0.601. The molecule has 0 radical (unpaired) electrons. The summed E-state index contributed by atoms with van der Waals surface area (Å²) in [6, 6.07) is 15.3. The molecule has 1 aliphatic heterocycles. The van der Waals surface area contributed by atoms with E-state index >= 15 is 0 Å². The molecule has 122 valence electrons. The lowest BCUT2D eigenvalue weighted by Crippen LogP contribution is -2.29. The van der Waals surface area contributed by atoms with E-state index in [9.17, 15) is 9.18 Å². The van der Waals surface area contributed by atoms with Crippen LogP contribution in [0.25, 0.3) is 0 Å². The molecule has 1 atom stereocenters. The largest absolute Gasteiger partial charge is 0.492 e. The lowest BCUT2D eigenvalue weighted by Gasteiger charge is -2.17. The van der Waals surface area contributed by atoms with Gasteiger partial charge in [0.05, 0.1) is 6.61 Å². The molecule has 1 saturated heterocycles. The maximum absolute atomic E-state index is 13.6. The van der Waals surface area contributed by atoms with Crippen molar-refractivity contribution in [3.8, 4) is 11.8 Å². The van der Waals surface area contributed by atoms with Gasteiger partial charge < -0.3 is 9.64 Å². The molecule has 0 bridgehead atoms. The second kappa shape index (κ2) is 7.14. The number of hydrogen-bond acceptors (Lipinski definition) is 3. The third kappa shape index (κ3) is 3.38. The Morgan fingerprint density at radius 1 is 1.25 bits per heavy atom. The first-order chi connectivity index (χ1) is 11.7. The number of ether oxygens (including phenoxy) is 1. The number of likely N-dealkylation sites (tertiary alicyclic amines) is 1. The van der Waals surface area contributed by atoms with Crippen LogP contribution in [0.4, 0.5) is 4.39 Å². The molecule has 2 aromatic carbocycles. The zero-order chi connectivity index (χ0) is 16.9. The van der Waals surface area contributed by atoms with Gasteiger partial charge in [0.15, 0.2) is 0 Å². The fourth-order valence-corrected chi connectivity index (χ4v) is 2.86. The molecule has 0 saturated carbocycles. The van der Waals surface area contributed by atoms with Gasteiger partial charge in [0.25, 0.3) is 5.91 Å². The van der Waals surface area contributed by atoms with Crippen LogP contribution < -0.4 is 4.74 Å². The SMILES string of the molecule is N#Cc1c(F)cccc1OC[C@H]1CCN(C(=O)c2ccccc2)C1. The molecule has 4 nitrogen and oxygen atoms in total. The molecule has 0 spiro atoms. The first-order valence-electron chi connectivity index (χ1n) is 7.85. The van der Waals surface area contributed by atoms with E-state index in [-0.39, 0.29) is 23.1 Å². The Hall–Kier alpha value is -2.87. The highest BCUT2D eigenvalue weighted by molar-refractivity contribution is 5.94. The number of halogens is 1. The van der Waals surface area contributed by atoms with Crippen molar-refractivity contribution in [1.29, 1.82) is 5.26 Å². The van der Waals surface area contributed by atoms with E-state index in [1.165, 1.54) is 12.1 Å². The van der Waals surface area contributed by atoms with Crippen LogP contribution >= 0.6 is 0 Å². The molecule has 1 amide bonds. The van der Waals surface area contributed by atoms with E-state index in [2.05, 4.69) is 0 Å². The molecule has 1 aliphatic rings. The molecule has 1 heterocycles. The monoisotopic (exact) mass is 324 g/mol. The molecule has 0 N–H and O–H groups in total. The minimum atomic E-state index is -0.581. The Morgan fingerprint density at radius 3 is 2.79 bits per heavy atom. The van der Waals surface area contributed by atoms with Crippen molar-refractivity contribution in [3.05, 3.63) is 65.5 Å². The van der Waals surface area contributed by atoms with Crippen molar-refractivity contribution in [2.75, 3.05) is 19.7 Å². The van der Waals surface area contributed by atoms with Gasteiger partial charge in [-0.2, -0.15) is 5.26 Å². The third-order valence-corrected chi connectivity index (χ3v) is 4.16. The summed E-state index contributed by atoms with van der Waals surface area (Å²) in [5, 5.41) is 9.01. The van der Waals surface area contributed by atoms with Crippen LogP contribution in [-0.2, 0) is 0 Å². The van der Waals surface area contributed by atoms with Gasteiger partial charge in [-0.25, -0.2) is 4.39 Å². The number of carbonyl (C=O) groups excluding carboxylic acids is 1. The highest BCUT2D eigenvalue weighted by Gasteiger charge is 2.27. The van der Waals surface area contributed by atoms with Crippen molar-refractivity contribution < 1.29 is 13.9 Å². The van der Waals surface area contributed by atoms with Crippen molar-refractivity contribution >= 4 is 5.91 Å². The summed E-state index contributed by atoms with van der Waals surface area (Å²) in [6.07, 6.45) is 0.829. The number of carbonyl (C=O) groups is 1. The molecule has 5 heteroatoms. The topological polar surface area (TPSA) is 53.3 Å². The van der Waals surface area contributed by atoms with E-state index in [0.717, 1.165) is 6.42 Å². The highest BCUT2D eigenvalue weighted by Crippen LogP contribution is 2.24. The van der Waals surface area contributed by atoms with Crippen molar-refractivity contribution in [2.45, 2.75) is 6.42 Å². The molecule has 0 aromatic heterocycles. The molecule has 0 unspecified atom stereocenters. The Balaban J connectivity index is 1.59. The first-order valence-corrected chi connectivity index (χ1v) is 7.85. The number of nitrogens with zero attached hydrogens (tertiary/aromatic N) is 2. The van der Waals surface area contributed by atoms with Gasteiger partial charge in [0.1, 0.15) is 23.2 Å². The number of rotatable bonds is 4. The van der Waals surface area contributed by atoms with Crippen LogP contribution in [0.15, 0.2) is 48.5 Å². The second-order valence-electron chi connectivity index (χ2n) is 5.81. The van der Waals surface area contributed by atoms with Crippen molar-refractivity contribution in [3.63, 3.8) is 0 Å². The normalized spacial score (nSPS) is 16.7. The molecule has 24 heavy (non-hydrogen) atoms. The molecule has 2 aromatic rings. The van der Waals surface area contributed by atoms with Gasteiger partial charge in [0, 0.05) is 24.6 Å². The van der Waals surface area contributed by atoms with Crippen LogP contribution in [0.1, 0.15) is 22.3 Å². The Labute approximate surface area is 140 Å². The lowest BCUT2D eigenvalue weighted by molar-refractivity contribution is 0.0783. The fraction of sp³-hybridized carbons (Fsp3) is 0.263. The standard InChI is InChI=1S/C19H17FN2O2/c20-17-7-4-8-18(16(17)11-21)24-13-14-9-10-22(12-14)19(23)15-5-2-1-3-6-15/h1-8,14H,9-10,12-13H2/t14-/m0/s1. The van der Waals surface area contributed by atoms with Gasteiger partial charge in [0.2, 0.25) is 0 Å². The number of amides is 1. The quantitative estimate of drug-likeness (QED) is 0.867. The number of benzene rings is 2. The molecular formula is C19H17FN2O2. The molecule has 3 rings (SSSR count). The third-order valence-electron chi connectivity index (χ3n) is 4.16. The first kappa shape index (κ1) is 16.0. The van der Waals surface area contributed by atoms with E-state index in [1.807, 2.05) is 24.3 Å². The van der Waals surface area contributed by atoms with E-state index < -0.39 is 5.82 Å². The van der Waals surface area contributed by atoms with Gasteiger partial charge in [-0.3, -0.25) is 4.79 Å². The Bertz CT molecular complexity index is 771. The van der Waals surface area contributed by atoms with Gasteiger partial charge in [-0.05, 0) is 30.7 Å². The van der Waals surface area contributed by atoms with Crippen LogP contribution in [0, 0.1) is 23.1 Å². The lowest BCUT2D eigenvalue weighted by atomic mass is 10.1. The summed E-state index contributed by atoms with van der Waals surface area (Å²) >= 11 is 0. The molecule has 0 aliphatic carbocycles. The molecular weight excluding hydrogens is 307 g/mol. The smallest absolute Gasteiger partial charge is 0.253 e. The summed E-state index contributed by atoms with van der Waals surface area (Å²) < 4.78 is 19.2. The maximum atomic E-state index is 13.6. The molecule has 1 fully saturated rings. The van der Waals surface area contributed by atoms with Crippen molar-refractivity contribution in [1.82, 2.24) is 4.90 Å². The van der Waals surface area contributed by atoms with Crippen molar-refractivity contribution in [2.24, 2.45) is 5.92 Å². The second-order valence-corrected chi connectivity index (χ2v) is 5.81. The minimum absolute atomic E-state index is 0.0153. The van der Waals surface area contributed by atoms with Crippen LogP contribution in [-0.4, -0.2) is 30.5 Å². The van der Waals surface area contributed by atoms with Crippen LogP contribution in [0.2, 0.25) is 0 Å². The van der Waals surface area contributed by atoms with Crippen LogP contribution in [0.3, 0.4) is 0 Å². The van der Waals surface area contributed by atoms with Gasteiger partial charge in [-0.1, -0.05) is 24.3 Å². The summed E-state index contributed by atoms with van der Waals surface area (Å²) in [7, 11) is 0. The van der Waals surface area contributed by atoms with E-state index in [0.29, 0.717) is 25.3 Å². The average Bonchev–Trinajstić information content (AvgIpc) is 3.09. The van der Waals surface area contributed by atoms with Crippen LogP contribution in [0.5, 0.6) is 5.75 Å². The fourth-order valence-electron chi connectivity index (χ4n) is 2.86. The average molecular weight is 324 g/mol. The number of hydrogen-bond donors (Lipinski definition) is 0. The zero-order valence-corrected chi connectivity index (χ0v) is 13.1. The Morgan fingerprint density at radius 2 is 2.04 bits per heavy atom. The zero-order valence-electron chi connectivity index (χ0n) is 13.1. The maximum Gasteiger partial charge on any atom is 0.253 e. The summed E-state index contributed by atoms with van der Waals surface area (Å²) in [5.74, 6) is -0.137. The minimum Gasteiger partial charge on any atom is -0.492 e. The Kier molecular flexibility index (Phi) is 4.76. The van der Waals surface area contributed by atoms with Gasteiger partial charge in [-0.15, -0.1) is 0 Å². The predicted octanol–water partition coefficient (Wildman–Crippen LogP) is 3.24. The number of nitriles is 1. The highest BCUT2D eigenvalue weighted by atomic mass is 19.1. The van der Waals surface area contributed by atoms with Gasteiger partial charge >= 0.3 is 0 Å². The summed E-state index contributed by atoms with van der Waals surface area (Å²) in [6.45, 7) is 1.64.